The van der Waals surface area contributed by atoms with E-state index in [0.717, 1.165) is 43.5 Å². The first-order chi connectivity index (χ1) is 16.0. The molecule has 0 fully saturated rings. The molecule has 0 saturated carbocycles. The van der Waals surface area contributed by atoms with Crippen molar-refractivity contribution in [3.05, 3.63) is 11.8 Å². The minimum Gasteiger partial charge on any atom is -0.475 e. The zero-order chi connectivity index (χ0) is 23.9. The van der Waals surface area contributed by atoms with E-state index in [-0.39, 0.29) is 6.23 Å². The molecule has 188 valence electrons. The SMILES string of the molecule is CCCCCCCCOC(=O)OC(C)[N+]1(C)CCC=C(c2nsnc2OCCCCCC)C1. The summed E-state index contributed by atoms with van der Waals surface area (Å²) in [4.78, 5) is 12.2. The van der Waals surface area contributed by atoms with E-state index in [0.29, 0.717) is 30.1 Å². The zero-order valence-electron chi connectivity index (χ0n) is 21.1. The van der Waals surface area contributed by atoms with Crippen LogP contribution in [0.3, 0.4) is 0 Å². The molecule has 2 unspecified atom stereocenters. The lowest BCUT2D eigenvalue weighted by Gasteiger charge is -2.41. The van der Waals surface area contributed by atoms with Gasteiger partial charge in [0.1, 0.15) is 12.2 Å². The highest BCUT2D eigenvalue weighted by Crippen LogP contribution is 2.31. The third-order valence-electron chi connectivity index (χ3n) is 6.42. The fourth-order valence-corrected chi connectivity index (χ4v) is 4.59. The summed E-state index contributed by atoms with van der Waals surface area (Å²) in [5.41, 5.74) is 1.94. The first kappa shape index (κ1) is 27.6. The van der Waals surface area contributed by atoms with E-state index in [2.05, 4.69) is 35.7 Å². The molecule has 1 aliphatic rings. The lowest BCUT2D eigenvalue weighted by molar-refractivity contribution is -0.944. The lowest BCUT2D eigenvalue weighted by Crippen LogP contribution is -2.55. The van der Waals surface area contributed by atoms with Gasteiger partial charge in [-0.25, -0.2) is 4.79 Å². The Morgan fingerprint density at radius 3 is 2.45 bits per heavy atom. The molecular weight excluding hydrogens is 438 g/mol. The molecule has 0 saturated heterocycles. The highest BCUT2D eigenvalue weighted by atomic mass is 32.1. The molecule has 1 aromatic heterocycles. The molecule has 1 aliphatic heterocycles. The number of hydrogen-bond acceptors (Lipinski definition) is 7. The average Bonchev–Trinajstić information content (AvgIpc) is 3.27. The fraction of sp³-hybridized carbons (Fsp3) is 0.800. The highest BCUT2D eigenvalue weighted by molar-refractivity contribution is 6.99. The van der Waals surface area contributed by atoms with Crippen molar-refractivity contribution >= 4 is 23.5 Å². The van der Waals surface area contributed by atoms with Crippen LogP contribution in [0.2, 0.25) is 0 Å². The second kappa shape index (κ2) is 15.3. The van der Waals surface area contributed by atoms with Crippen molar-refractivity contribution in [2.75, 3.05) is 33.4 Å². The molecule has 7 nitrogen and oxygen atoms in total. The van der Waals surface area contributed by atoms with E-state index in [4.69, 9.17) is 14.2 Å². The van der Waals surface area contributed by atoms with Gasteiger partial charge in [-0.15, -0.1) is 4.37 Å². The standard InChI is InChI=1S/C25H44N3O4S/c1-5-7-9-11-12-14-19-31-25(29)32-21(3)28(4)17-15-16-22(20-28)23-24(27-33-26-23)30-18-13-10-8-6-2/h16,21H,5-15,17-20H2,1-4H3/q+1. The Labute approximate surface area is 204 Å². The van der Waals surface area contributed by atoms with Crippen LogP contribution >= 0.6 is 11.7 Å². The first-order valence-electron chi connectivity index (χ1n) is 12.8. The summed E-state index contributed by atoms with van der Waals surface area (Å²) in [6.45, 7) is 9.05. The van der Waals surface area contributed by atoms with Crippen LogP contribution in [0.15, 0.2) is 6.08 Å². The van der Waals surface area contributed by atoms with Crippen molar-refractivity contribution < 1.29 is 23.5 Å². The number of hydrogen-bond donors (Lipinski definition) is 0. The van der Waals surface area contributed by atoms with E-state index in [1.165, 1.54) is 56.7 Å². The normalized spacial score (nSPS) is 19.1. The number of aromatic nitrogens is 2. The van der Waals surface area contributed by atoms with Crippen LogP contribution < -0.4 is 4.74 Å². The minimum atomic E-state index is -0.571. The summed E-state index contributed by atoms with van der Waals surface area (Å²) in [5.74, 6) is 0.628. The summed E-state index contributed by atoms with van der Waals surface area (Å²) in [6.07, 6.45) is 13.8. The number of unbranched alkanes of at least 4 members (excludes halogenated alkanes) is 8. The van der Waals surface area contributed by atoms with Crippen molar-refractivity contribution in [2.24, 2.45) is 0 Å². The topological polar surface area (TPSA) is 70.5 Å². The van der Waals surface area contributed by atoms with Gasteiger partial charge in [-0.2, -0.15) is 4.37 Å². The van der Waals surface area contributed by atoms with Gasteiger partial charge in [0, 0.05) is 18.9 Å². The Kier molecular flexibility index (Phi) is 12.8. The Morgan fingerprint density at radius 1 is 1.03 bits per heavy atom. The number of nitrogens with zero attached hydrogens (tertiary/aromatic N) is 3. The van der Waals surface area contributed by atoms with Gasteiger partial charge in [-0.05, 0) is 12.8 Å². The second-order valence-electron chi connectivity index (χ2n) is 9.29. The fourth-order valence-electron chi connectivity index (χ4n) is 4.06. The van der Waals surface area contributed by atoms with Crippen molar-refractivity contribution in [3.63, 3.8) is 0 Å². The average molecular weight is 483 g/mol. The number of quaternary nitrogens is 1. The molecule has 1 aromatic rings. The van der Waals surface area contributed by atoms with Gasteiger partial charge < -0.3 is 14.2 Å². The minimum absolute atomic E-state index is 0.309. The van der Waals surface area contributed by atoms with Crippen LogP contribution in [-0.4, -0.2) is 59.0 Å². The predicted octanol–water partition coefficient (Wildman–Crippen LogP) is 6.59. The number of likely N-dealkylation sites (N-methyl/N-ethyl adjacent to an activating group) is 1. The summed E-state index contributed by atoms with van der Waals surface area (Å²) in [7, 11) is 2.11. The van der Waals surface area contributed by atoms with Crippen molar-refractivity contribution in [3.8, 4) is 5.88 Å². The Morgan fingerprint density at radius 2 is 1.70 bits per heavy atom. The molecule has 2 atom stereocenters. The second-order valence-corrected chi connectivity index (χ2v) is 9.82. The number of carbonyl (C=O) groups is 1. The summed E-state index contributed by atoms with van der Waals surface area (Å²) < 4.78 is 26.4. The summed E-state index contributed by atoms with van der Waals surface area (Å²) in [6, 6.07) is 0. The van der Waals surface area contributed by atoms with Gasteiger partial charge >= 0.3 is 6.16 Å². The monoisotopic (exact) mass is 482 g/mol. The molecule has 2 rings (SSSR count). The van der Waals surface area contributed by atoms with Gasteiger partial charge in [0.25, 0.3) is 5.88 Å². The Bertz CT molecular complexity index is 724. The quantitative estimate of drug-likeness (QED) is 0.150. The zero-order valence-corrected chi connectivity index (χ0v) is 22.0. The summed E-state index contributed by atoms with van der Waals surface area (Å²) in [5, 5.41) is 0. The number of ether oxygens (including phenoxy) is 3. The van der Waals surface area contributed by atoms with Gasteiger partial charge in [-0.1, -0.05) is 71.3 Å². The van der Waals surface area contributed by atoms with Gasteiger partial charge in [0.2, 0.25) is 6.23 Å². The number of carbonyl (C=O) groups excluding carboxylic acids is 1. The number of rotatable bonds is 16. The van der Waals surface area contributed by atoms with Gasteiger partial charge in [0.05, 0.1) is 38.5 Å². The summed E-state index contributed by atoms with van der Waals surface area (Å²) >= 11 is 1.19. The maximum absolute atomic E-state index is 12.2. The van der Waals surface area contributed by atoms with Crippen LogP contribution in [-0.2, 0) is 9.47 Å². The van der Waals surface area contributed by atoms with Crippen molar-refractivity contribution in [1.82, 2.24) is 8.75 Å². The van der Waals surface area contributed by atoms with Crippen LogP contribution in [0, 0.1) is 0 Å². The largest absolute Gasteiger partial charge is 0.512 e. The highest BCUT2D eigenvalue weighted by Gasteiger charge is 2.37. The predicted molar refractivity (Wildman–Crippen MR) is 133 cm³/mol. The molecule has 8 heteroatoms. The van der Waals surface area contributed by atoms with E-state index < -0.39 is 6.16 Å². The van der Waals surface area contributed by atoms with Crippen LogP contribution in [0.1, 0.15) is 97.1 Å². The lowest BCUT2D eigenvalue weighted by atomic mass is 10.0. The first-order valence-corrected chi connectivity index (χ1v) is 13.6. The van der Waals surface area contributed by atoms with Crippen molar-refractivity contribution in [1.29, 1.82) is 0 Å². The molecule has 0 radical (unpaired) electrons. The van der Waals surface area contributed by atoms with E-state index in [9.17, 15) is 4.79 Å². The van der Waals surface area contributed by atoms with Crippen LogP contribution in [0.4, 0.5) is 4.79 Å². The van der Waals surface area contributed by atoms with Crippen LogP contribution in [0.5, 0.6) is 5.88 Å². The molecule has 2 heterocycles. The molecule has 0 bridgehead atoms. The molecule has 0 aliphatic carbocycles. The van der Waals surface area contributed by atoms with E-state index >= 15 is 0 Å². The molecule has 0 N–H and O–H groups in total. The molecular formula is C25H44N3O4S+. The van der Waals surface area contributed by atoms with E-state index in [1.807, 2.05) is 6.92 Å². The third kappa shape index (κ3) is 9.61. The molecule has 33 heavy (non-hydrogen) atoms. The maximum Gasteiger partial charge on any atom is 0.512 e. The van der Waals surface area contributed by atoms with Crippen molar-refractivity contribution in [2.45, 2.75) is 97.6 Å². The molecule has 0 aromatic carbocycles. The van der Waals surface area contributed by atoms with Gasteiger partial charge in [0.15, 0.2) is 0 Å². The maximum atomic E-state index is 12.2. The Hall–Kier alpha value is -1.67. The van der Waals surface area contributed by atoms with E-state index in [1.54, 1.807) is 0 Å². The molecule has 0 amide bonds. The van der Waals surface area contributed by atoms with Crippen LogP contribution in [0.25, 0.3) is 5.57 Å². The Balaban J connectivity index is 1.80. The van der Waals surface area contributed by atoms with Gasteiger partial charge in [-0.3, -0.25) is 4.48 Å². The molecule has 0 spiro atoms. The smallest absolute Gasteiger partial charge is 0.475 e. The third-order valence-corrected chi connectivity index (χ3v) is 6.94.